The highest BCUT2D eigenvalue weighted by atomic mass is 16.5. The van der Waals surface area contributed by atoms with Crippen LogP contribution in [0, 0.1) is 25.2 Å². The molecule has 4 nitrogen and oxygen atoms in total. The fourth-order valence-electron chi connectivity index (χ4n) is 2.39. The first-order chi connectivity index (χ1) is 12.0. The first kappa shape index (κ1) is 18.3. The fraction of sp³-hybridized carbons (Fsp3) is 0.238. The molecule has 0 radical (unpaired) electrons. The smallest absolute Gasteiger partial charge is 0.266 e. The van der Waals surface area contributed by atoms with Crippen LogP contribution in [0.3, 0.4) is 0 Å². The van der Waals surface area contributed by atoms with E-state index in [1.54, 1.807) is 6.08 Å². The summed E-state index contributed by atoms with van der Waals surface area (Å²) in [5.41, 5.74) is 3.52. The Labute approximate surface area is 148 Å². The summed E-state index contributed by atoms with van der Waals surface area (Å²) in [6.45, 7) is 6.52. The van der Waals surface area contributed by atoms with E-state index < -0.39 is 5.91 Å². The van der Waals surface area contributed by atoms with E-state index in [9.17, 15) is 10.1 Å². The molecule has 0 aromatic heterocycles. The van der Waals surface area contributed by atoms with Gasteiger partial charge in [-0.1, -0.05) is 42.8 Å². The largest absolute Gasteiger partial charge is 0.493 e. The van der Waals surface area contributed by atoms with E-state index in [4.69, 9.17) is 4.74 Å². The Morgan fingerprint density at radius 2 is 2.00 bits per heavy atom. The van der Waals surface area contributed by atoms with E-state index in [1.807, 2.05) is 69.3 Å². The number of nitrogens with zero attached hydrogens (tertiary/aromatic N) is 1. The molecule has 0 atom stereocenters. The van der Waals surface area contributed by atoms with Gasteiger partial charge in [0.2, 0.25) is 0 Å². The summed E-state index contributed by atoms with van der Waals surface area (Å²) in [5, 5.41) is 12.2. The number of nitrogens with one attached hydrogen (secondary N) is 1. The number of carbonyl (C=O) groups excluding carboxylic acids is 1. The molecule has 2 aromatic carbocycles. The zero-order valence-electron chi connectivity index (χ0n) is 14.8. The average Bonchev–Trinajstić information content (AvgIpc) is 2.61. The molecular weight excluding hydrogens is 312 g/mol. The Hall–Kier alpha value is -3.06. The van der Waals surface area contributed by atoms with Crippen LogP contribution in [0.1, 0.15) is 30.0 Å². The molecular formula is C21H22N2O2. The molecule has 0 heterocycles. The van der Waals surface area contributed by atoms with Gasteiger partial charge in [-0.2, -0.15) is 5.26 Å². The van der Waals surface area contributed by atoms with Crippen LogP contribution in [0.5, 0.6) is 5.75 Å². The van der Waals surface area contributed by atoms with Crippen LogP contribution >= 0.6 is 0 Å². The third-order valence-corrected chi connectivity index (χ3v) is 3.68. The first-order valence-electron chi connectivity index (χ1n) is 8.27. The number of carbonyl (C=O) groups is 1. The summed E-state index contributed by atoms with van der Waals surface area (Å²) in [4.78, 5) is 12.5. The molecule has 128 valence electrons. The Morgan fingerprint density at radius 3 is 2.68 bits per heavy atom. The minimum Gasteiger partial charge on any atom is -0.493 e. The zero-order chi connectivity index (χ0) is 18.2. The molecule has 25 heavy (non-hydrogen) atoms. The number of aryl methyl sites for hydroxylation is 2. The zero-order valence-corrected chi connectivity index (χ0v) is 14.8. The summed E-state index contributed by atoms with van der Waals surface area (Å²) in [7, 11) is 0. The van der Waals surface area contributed by atoms with Crippen molar-refractivity contribution in [2.75, 3.05) is 11.9 Å². The lowest BCUT2D eigenvalue weighted by Crippen LogP contribution is -2.14. The molecule has 0 fully saturated rings. The molecule has 0 aliphatic rings. The number of amides is 1. The second-order valence-corrected chi connectivity index (χ2v) is 5.83. The standard InChI is InChI=1S/C21H22N2O2/c1-4-11-25-20-8-6-5-7-17(20)13-18(14-22)21(24)23-19-10-9-15(2)12-16(19)3/h5-10,12-13H,4,11H2,1-3H3,(H,23,24)/b18-13+. The predicted molar refractivity (Wildman–Crippen MR) is 100 cm³/mol. The van der Waals surface area contributed by atoms with Crippen LogP contribution in [0.2, 0.25) is 0 Å². The summed E-state index contributed by atoms with van der Waals surface area (Å²) in [5.74, 6) is 0.233. The van der Waals surface area contributed by atoms with E-state index >= 15 is 0 Å². The minimum atomic E-state index is -0.431. The molecule has 0 aliphatic carbocycles. The van der Waals surface area contributed by atoms with Gasteiger partial charge in [0.15, 0.2) is 0 Å². The van der Waals surface area contributed by atoms with Crippen LogP contribution in [0.25, 0.3) is 6.08 Å². The maximum Gasteiger partial charge on any atom is 0.266 e. The molecule has 1 N–H and O–H groups in total. The molecule has 0 saturated heterocycles. The number of anilines is 1. The molecule has 4 heteroatoms. The van der Waals surface area contributed by atoms with Crippen molar-refractivity contribution < 1.29 is 9.53 Å². The van der Waals surface area contributed by atoms with Crippen molar-refractivity contribution in [3.05, 3.63) is 64.7 Å². The molecule has 0 bridgehead atoms. The van der Waals surface area contributed by atoms with E-state index in [0.29, 0.717) is 23.6 Å². The Bertz CT molecular complexity index is 832. The molecule has 1 amide bonds. The van der Waals surface area contributed by atoms with Crippen LogP contribution < -0.4 is 10.1 Å². The van der Waals surface area contributed by atoms with Crippen molar-refractivity contribution in [2.24, 2.45) is 0 Å². The van der Waals surface area contributed by atoms with Crippen molar-refractivity contribution in [2.45, 2.75) is 27.2 Å². The van der Waals surface area contributed by atoms with Crippen LogP contribution in [0.15, 0.2) is 48.0 Å². The third-order valence-electron chi connectivity index (χ3n) is 3.68. The average molecular weight is 334 g/mol. The topological polar surface area (TPSA) is 62.1 Å². The van der Waals surface area contributed by atoms with Crippen molar-refractivity contribution in [1.82, 2.24) is 0 Å². The van der Waals surface area contributed by atoms with Gasteiger partial charge in [-0.3, -0.25) is 4.79 Å². The summed E-state index contributed by atoms with van der Waals surface area (Å²) in [6, 6.07) is 15.1. The quantitative estimate of drug-likeness (QED) is 0.618. The number of para-hydroxylation sites is 1. The summed E-state index contributed by atoms with van der Waals surface area (Å²) >= 11 is 0. The van der Waals surface area contributed by atoms with Gasteiger partial charge < -0.3 is 10.1 Å². The number of rotatable bonds is 6. The maximum absolute atomic E-state index is 12.5. The minimum absolute atomic E-state index is 0.0347. The van der Waals surface area contributed by atoms with Gasteiger partial charge in [0.25, 0.3) is 5.91 Å². The molecule has 0 spiro atoms. The van der Waals surface area contributed by atoms with Crippen molar-refractivity contribution in [3.63, 3.8) is 0 Å². The van der Waals surface area contributed by atoms with Crippen LogP contribution in [-0.4, -0.2) is 12.5 Å². The monoisotopic (exact) mass is 334 g/mol. The van der Waals surface area contributed by atoms with Gasteiger partial charge in [0.05, 0.1) is 6.61 Å². The fourth-order valence-corrected chi connectivity index (χ4v) is 2.39. The number of hydrogen-bond donors (Lipinski definition) is 1. The SMILES string of the molecule is CCCOc1ccccc1/C=C(\C#N)C(=O)Nc1ccc(C)cc1C. The van der Waals surface area contributed by atoms with Gasteiger partial charge in [0.1, 0.15) is 17.4 Å². The lowest BCUT2D eigenvalue weighted by molar-refractivity contribution is -0.112. The summed E-state index contributed by atoms with van der Waals surface area (Å²) < 4.78 is 5.68. The molecule has 2 rings (SSSR count). The normalized spacial score (nSPS) is 10.9. The van der Waals surface area contributed by atoms with Crippen molar-refractivity contribution in [3.8, 4) is 11.8 Å². The van der Waals surface area contributed by atoms with Gasteiger partial charge in [-0.25, -0.2) is 0 Å². The maximum atomic E-state index is 12.5. The first-order valence-corrected chi connectivity index (χ1v) is 8.27. The Morgan fingerprint density at radius 1 is 1.24 bits per heavy atom. The van der Waals surface area contributed by atoms with Gasteiger partial charge in [-0.15, -0.1) is 0 Å². The van der Waals surface area contributed by atoms with Crippen molar-refractivity contribution >= 4 is 17.7 Å². The summed E-state index contributed by atoms with van der Waals surface area (Å²) in [6.07, 6.45) is 2.44. The second-order valence-electron chi connectivity index (χ2n) is 5.83. The Balaban J connectivity index is 2.25. The highest BCUT2D eigenvalue weighted by molar-refractivity contribution is 6.10. The lowest BCUT2D eigenvalue weighted by Gasteiger charge is -2.10. The van der Waals surface area contributed by atoms with Crippen LogP contribution in [-0.2, 0) is 4.79 Å². The third kappa shape index (κ3) is 4.95. The Kier molecular flexibility index (Phi) is 6.36. The van der Waals surface area contributed by atoms with E-state index in [0.717, 1.165) is 17.5 Å². The van der Waals surface area contributed by atoms with E-state index in [2.05, 4.69) is 5.32 Å². The molecule has 0 aliphatic heterocycles. The van der Waals surface area contributed by atoms with Crippen LogP contribution in [0.4, 0.5) is 5.69 Å². The number of benzene rings is 2. The molecule has 0 saturated carbocycles. The van der Waals surface area contributed by atoms with E-state index in [1.165, 1.54) is 0 Å². The van der Waals surface area contributed by atoms with Gasteiger partial charge >= 0.3 is 0 Å². The number of nitriles is 1. The van der Waals surface area contributed by atoms with Gasteiger partial charge in [0, 0.05) is 11.3 Å². The highest BCUT2D eigenvalue weighted by Gasteiger charge is 2.12. The molecule has 2 aromatic rings. The second kappa shape index (κ2) is 8.70. The van der Waals surface area contributed by atoms with E-state index in [-0.39, 0.29) is 5.57 Å². The highest BCUT2D eigenvalue weighted by Crippen LogP contribution is 2.22. The van der Waals surface area contributed by atoms with Gasteiger partial charge in [-0.05, 0) is 44.0 Å². The predicted octanol–water partition coefficient (Wildman–Crippen LogP) is 4.64. The van der Waals surface area contributed by atoms with Crippen molar-refractivity contribution in [1.29, 1.82) is 5.26 Å². The lowest BCUT2D eigenvalue weighted by atomic mass is 10.1. The number of hydrogen-bond acceptors (Lipinski definition) is 3. The number of ether oxygens (including phenoxy) is 1. The molecule has 0 unspecified atom stereocenters.